The Morgan fingerprint density at radius 2 is 1.84 bits per heavy atom. The van der Waals surface area contributed by atoms with Gasteiger partial charge in [-0.1, -0.05) is 30.3 Å². The number of aromatic nitrogens is 2. The molecule has 0 spiro atoms. The molecule has 0 bridgehead atoms. The zero-order valence-corrected chi connectivity index (χ0v) is 14.5. The van der Waals surface area contributed by atoms with Crippen molar-refractivity contribution in [3.8, 4) is 17.0 Å². The van der Waals surface area contributed by atoms with E-state index >= 15 is 0 Å². The lowest BCUT2D eigenvalue weighted by Gasteiger charge is -2.32. The highest BCUT2D eigenvalue weighted by Gasteiger charge is 2.21. The van der Waals surface area contributed by atoms with E-state index in [1.165, 1.54) is 17.9 Å². The molecule has 1 saturated heterocycles. The molecule has 0 N–H and O–H groups in total. The van der Waals surface area contributed by atoms with Crippen LogP contribution in [0.15, 0.2) is 41.2 Å². The van der Waals surface area contributed by atoms with E-state index in [9.17, 15) is 9.59 Å². The molecular formula is C18H22N4O3. The van der Waals surface area contributed by atoms with Gasteiger partial charge in [-0.25, -0.2) is 4.68 Å². The monoisotopic (exact) mass is 342 g/mol. The van der Waals surface area contributed by atoms with Crippen molar-refractivity contribution in [1.29, 1.82) is 0 Å². The number of carbonyl (C=O) groups excluding carboxylic acids is 1. The SMILES string of the molecule is COc1cc(=O)n(CC(=O)N2CCN(C)CC2)nc1-c1ccccc1. The van der Waals surface area contributed by atoms with Crippen molar-refractivity contribution < 1.29 is 9.53 Å². The third-order valence-corrected chi connectivity index (χ3v) is 4.37. The molecule has 0 aliphatic carbocycles. The molecule has 2 heterocycles. The molecule has 1 fully saturated rings. The third-order valence-electron chi connectivity index (χ3n) is 4.37. The first-order chi connectivity index (χ1) is 12.1. The Hall–Kier alpha value is -2.67. The van der Waals surface area contributed by atoms with Crippen LogP contribution in [0, 0.1) is 0 Å². The molecule has 0 saturated carbocycles. The topological polar surface area (TPSA) is 67.7 Å². The average molecular weight is 342 g/mol. The molecule has 25 heavy (non-hydrogen) atoms. The number of carbonyl (C=O) groups is 1. The zero-order chi connectivity index (χ0) is 17.8. The van der Waals surface area contributed by atoms with Crippen LogP contribution in [0.3, 0.4) is 0 Å². The van der Waals surface area contributed by atoms with E-state index in [1.807, 2.05) is 37.4 Å². The van der Waals surface area contributed by atoms with Gasteiger partial charge in [0.25, 0.3) is 5.56 Å². The largest absolute Gasteiger partial charge is 0.494 e. The summed E-state index contributed by atoms with van der Waals surface area (Å²) < 4.78 is 6.51. The Morgan fingerprint density at radius 1 is 1.16 bits per heavy atom. The Kier molecular flexibility index (Phi) is 5.14. The van der Waals surface area contributed by atoms with Gasteiger partial charge >= 0.3 is 0 Å². The fraction of sp³-hybridized carbons (Fsp3) is 0.389. The molecule has 7 nitrogen and oxygen atoms in total. The van der Waals surface area contributed by atoms with E-state index in [1.54, 1.807) is 4.90 Å². The van der Waals surface area contributed by atoms with Gasteiger partial charge in [0, 0.05) is 37.8 Å². The summed E-state index contributed by atoms with van der Waals surface area (Å²) in [5, 5.41) is 4.38. The van der Waals surface area contributed by atoms with E-state index in [-0.39, 0.29) is 18.0 Å². The highest BCUT2D eigenvalue weighted by molar-refractivity contribution is 5.76. The fourth-order valence-corrected chi connectivity index (χ4v) is 2.82. The van der Waals surface area contributed by atoms with Crippen molar-refractivity contribution in [2.45, 2.75) is 6.54 Å². The number of rotatable bonds is 4. The third kappa shape index (κ3) is 3.88. The number of benzene rings is 1. The number of methoxy groups -OCH3 is 1. The van der Waals surface area contributed by atoms with Crippen LogP contribution in [-0.4, -0.2) is 65.8 Å². The number of hydrogen-bond acceptors (Lipinski definition) is 5. The minimum atomic E-state index is -0.348. The molecule has 1 aromatic carbocycles. The maximum atomic E-state index is 12.5. The summed E-state index contributed by atoms with van der Waals surface area (Å²) in [6.45, 7) is 2.96. The lowest BCUT2D eigenvalue weighted by atomic mass is 10.1. The summed E-state index contributed by atoms with van der Waals surface area (Å²) in [4.78, 5) is 28.8. The molecule has 1 amide bonds. The molecule has 0 atom stereocenters. The van der Waals surface area contributed by atoms with E-state index in [4.69, 9.17) is 4.74 Å². The van der Waals surface area contributed by atoms with Crippen molar-refractivity contribution in [2.75, 3.05) is 40.3 Å². The molecule has 0 unspecified atom stereocenters. The molecule has 1 aromatic heterocycles. The number of ether oxygens (including phenoxy) is 1. The summed E-state index contributed by atoms with van der Waals surface area (Å²) >= 11 is 0. The molecule has 1 aliphatic heterocycles. The highest BCUT2D eigenvalue weighted by Crippen LogP contribution is 2.25. The second-order valence-electron chi connectivity index (χ2n) is 6.11. The van der Waals surface area contributed by atoms with Gasteiger partial charge in [-0.2, -0.15) is 5.10 Å². The van der Waals surface area contributed by atoms with Gasteiger partial charge in [-0.05, 0) is 7.05 Å². The minimum absolute atomic E-state index is 0.0631. The van der Waals surface area contributed by atoms with Crippen molar-refractivity contribution >= 4 is 5.91 Å². The zero-order valence-electron chi connectivity index (χ0n) is 14.5. The van der Waals surface area contributed by atoms with Crippen LogP contribution in [0.4, 0.5) is 0 Å². The number of amides is 1. The van der Waals surface area contributed by atoms with Crippen LogP contribution in [-0.2, 0) is 11.3 Å². The van der Waals surface area contributed by atoms with E-state index in [0.717, 1.165) is 18.7 Å². The Bertz CT molecular complexity index is 796. The first-order valence-electron chi connectivity index (χ1n) is 8.26. The Labute approximate surface area is 146 Å². The van der Waals surface area contributed by atoms with Gasteiger partial charge in [0.15, 0.2) is 5.75 Å². The molecule has 132 valence electrons. The van der Waals surface area contributed by atoms with Crippen molar-refractivity contribution in [3.05, 3.63) is 46.8 Å². The minimum Gasteiger partial charge on any atom is -0.494 e. The van der Waals surface area contributed by atoms with Crippen LogP contribution < -0.4 is 10.3 Å². The predicted molar refractivity (Wildman–Crippen MR) is 94.6 cm³/mol. The predicted octanol–water partition coefficient (Wildman–Crippen LogP) is 0.693. The van der Waals surface area contributed by atoms with Crippen molar-refractivity contribution in [2.24, 2.45) is 0 Å². The van der Waals surface area contributed by atoms with E-state index in [2.05, 4.69) is 10.00 Å². The maximum Gasteiger partial charge on any atom is 0.270 e. The second kappa shape index (κ2) is 7.48. The highest BCUT2D eigenvalue weighted by atomic mass is 16.5. The van der Waals surface area contributed by atoms with Gasteiger partial charge in [-0.3, -0.25) is 9.59 Å². The number of hydrogen-bond donors (Lipinski definition) is 0. The lowest BCUT2D eigenvalue weighted by molar-refractivity contribution is -0.133. The van der Waals surface area contributed by atoms with E-state index in [0.29, 0.717) is 24.5 Å². The van der Waals surface area contributed by atoms with Gasteiger partial charge in [0.05, 0.1) is 7.11 Å². The summed E-state index contributed by atoms with van der Waals surface area (Å²) in [6, 6.07) is 10.8. The number of likely N-dealkylation sites (N-methyl/N-ethyl adjacent to an activating group) is 1. The normalized spacial score (nSPS) is 15.2. The molecule has 3 rings (SSSR count). The van der Waals surface area contributed by atoms with Crippen LogP contribution in [0.1, 0.15) is 0 Å². The standard InChI is InChI=1S/C18H22N4O3/c1-20-8-10-21(11-9-20)17(24)13-22-16(23)12-15(25-2)18(19-22)14-6-4-3-5-7-14/h3-7,12H,8-11,13H2,1-2H3. The van der Waals surface area contributed by atoms with Crippen molar-refractivity contribution in [1.82, 2.24) is 19.6 Å². The van der Waals surface area contributed by atoms with Gasteiger partial charge in [0.1, 0.15) is 12.2 Å². The Balaban J connectivity index is 1.86. The van der Waals surface area contributed by atoms with Crippen LogP contribution in [0.2, 0.25) is 0 Å². The van der Waals surface area contributed by atoms with Gasteiger partial charge in [0.2, 0.25) is 5.91 Å². The van der Waals surface area contributed by atoms with Crippen LogP contribution in [0.5, 0.6) is 5.75 Å². The van der Waals surface area contributed by atoms with Gasteiger partial charge in [-0.15, -0.1) is 0 Å². The van der Waals surface area contributed by atoms with Gasteiger partial charge < -0.3 is 14.5 Å². The molecule has 2 aromatic rings. The second-order valence-corrected chi connectivity index (χ2v) is 6.11. The summed E-state index contributed by atoms with van der Waals surface area (Å²) in [5.74, 6) is 0.311. The fourth-order valence-electron chi connectivity index (χ4n) is 2.82. The maximum absolute atomic E-state index is 12.5. The van der Waals surface area contributed by atoms with Crippen molar-refractivity contribution in [3.63, 3.8) is 0 Å². The first-order valence-corrected chi connectivity index (χ1v) is 8.26. The average Bonchev–Trinajstić information content (AvgIpc) is 2.64. The molecule has 0 radical (unpaired) electrons. The summed E-state index contributed by atoms with van der Waals surface area (Å²) in [5.41, 5.74) is 1.04. The smallest absolute Gasteiger partial charge is 0.270 e. The number of piperazine rings is 1. The van der Waals surface area contributed by atoms with E-state index < -0.39 is 0 Å². The summed E-state index contributed by atoms with van der Waals surface area (Å²) in [7, 11) is 3.53. The van der Waals surface area contributed by atoms with Crippen LogP contribution >= 0.6 is 0 Å². The summed E-state index contributed by atoms with van der Waals surface area (Å²) in [6.07, 6.45) is 0. The first kappa shape index (κ1) is 17.2. The number of nitrogens with zero attached hydrogens (tertiary/aromatic N) is 4. The lowest BCUT2D eigenvalue weighted by Crippen LogP contribution is -2.48. The molecular weight excluding hydrogens is 320 g/mol. The molecule has 7 heteroatoms. The van der Waals surface area contributed by atoms with Crippen LogP contribution in [0.25, 0.3) is 11.3 Å². The quantitative estimate of drug-likeness (QED) is 0.818. The molecule has 1 aliphatic rings. The Morgan fingerprint density at radius 3 is 2.48 bits per heavy atom.